The largest absolute Gasteiger partial charge is 0.453 e. The predicted octanol–water partition coefficient (Wildman–Crippen LogP) is 4.09. The summed E-state index contributed by atoms with van der Waals surface area (Å²) in [4.78, 5) is 26.2. The first-order chi connectivity index (χ1) is 12.6. The van der Waals surface area contributed by atoms with E-state index in [0.717, 1.165) is 5.56 Å². The van der Waals surface area contributed by atoms with E-state index in [2.05, 4.69) is 0 Å². The van der Waals surface area contributed by atoms with E-state index < -0.39 is 5.79 Å². The minimum absolute atomic E-state index is 0.252. The summed E-state index contributed by atoms with van der Waals surface area (Å²) in [5.41, 5.74) is 1.74. The highest BCUT2D eigenvalue weighted by molar-refractivity contribution is 6.30. The Hall–Kier alpha value is -2.79. The van der Waals surface area contributed by atoms with E-state index in [9.17, 15) is 9.59 Å². The number of carbonyl (C=O) groups excluding carboxylic acids is 2. The molecule has 0 aromatic heterocycles. The molecule has 2 aliphatic heterocycles. The topological polar surface area (TPSA) is 55.8 Å². The van der Waals surface area contributed by atoms with Crippen molar-refractivity contribution < 1.29 is 19.1 Å². The second-order valence-corrected chi connectivity index (χ2v) is 6.62. The average molecular weight is 370 g/mol. The summed E-state index contributed by atoms with van der Waals surface area (Å²) in [6.07, 6.45) is 4.01. The molecular weight excluding hydrogens is 354 g/mol. The van der Waals surface area contributed by atoms with Crippen LogP contribution in [-0.2, 0) is 15.3 Å². The van der Waals surface area contributed by atoms with Crippen LogP contribution in [0.1, 0.15) is 39.1 Å². The van der Waals surface area contributed by atoms with Gasteiger partial charge in [-0.05, 0) is 42.8 Å². The number of amides is 2. The Morgan fingerprint density at radius 1 is 0.885 bits per heavy atom. The number of hydrogen-bond donors (Lipinski definition) is 0. The Labute approximate surface area is 155 Å². The molecule has 0 saturated carbocycles. The van der Waals surface area contributed by atoms with E-state index in [4.69, 9.17) is 21.1 Å². The normalized spacial score (nSPS) is 17.2. The summed E-state index contributed by atoms with van der Waals surface area (Å²) in [6, 6.07) is 14.1. The van der Waals surface area contributed by atoms with Gasteiger partial charge >= 0.3 is 0 Å². The fourth-order valence-corrected chi connectivity index (χ4v) is 3.44. The summed E-state index contributed by atoms with van der Waals surface area (Å²) >= 11 is 5.95. The number of ether oxygens (including phenoxy) is 2. The van der Waals surface area contributed by atoms with Gasteiger partial charge in [0, 0.05) is 23.6 Å². The lowest BCUT2D eigenvalue weighted by molar-refractivity contribution is -0.156. The van der Waals surface area contributed by atoms with E-state index in [-0.39, 0.29) is 11.8 Å². The Morgan fingerprint density at radius 3 is 2.04 bits per heavy atom. The van der Waals surface area contributed by atoms with Gasteiger partial charge in [0.2, 0.25) is 0 Å². The molecular formula is C20H16ClNO4. The van der Waals surface area contributed by atoms with E-state index in [0.29, 0.717) is 35.5 Å². The van der Waals surface area contributed by atoms with Crippen molar-refractivity contribution in [3.05, 3.63) is 82.8 Å². The van der Waals surface area contributed by atoms with Crippen molar-refractivity contribution in [1.82, 2.24) is 4.90 Å². The van der Waals surface area contributed by atoms with Crippen LogP contribution in [0, 0.1) is 0 Å². The van der Waals surface area contributed by atoms with Gasteiger partial charge in [0.05, 0.1) is 11.1 Å². The zero-order chi connectivity index (χ0) is 18.1. The summed E-state index contributed by atoms with van der Waals surface area (Å²) in [6.45, 7) is 0.300. The van der Waals surface area contributed by atoms with Crippen LogP contribution < -0.4 is 0 Å². The molecule has 0 atom stereocenters. The predicted molar refractivity (Wildman–Crippen MR) is 95.5 cm³/mol. The number of fused-ring (bicyclic) bond motifs is 1. The molecule has 2 amide bonds. The molecule has 0 radical (unpaired) electrons. The third-order valence-electron chi connectivity index (χ3n) is 4.62. The van der Waals surface area contributed by atoms with Crippen LogP contribution in [0.5, 0.6) is 0 Å². The van der Waals surface area contributed by atoms with Crippen LogP contribution in [0.4, 0.5) is 0 Å². The highest BCUT2D eigenvalue weighted by Crippen LogP contribution is 2.37. The monoisotopic (exact) mass is 369 g/mol. The van der Waals surface area contributed by atoms with Crippen molar-refractivity contribution in [2.24, 2.45) is 0 Å². The number of hydrogen-bond acceptors (Lipinski definition) is 4. The fraction of sp³-hybridized carbons (Fsp3) is 0.200. The van der Waals surface area contributed by atoms with Crippen molar-refractivity contribution in [2.45, 2.75) is 18.6 Å². The molecule has 0 fully saturated rings. The van der Waals surface area contributed by atoms with E-state index in [1.165, 1.54) is 17.4 Å². The molecule has 6 heteroatoms. The van der Waals surface area contributed by atoms with Crippen molar-refractivity contribution >= 4 is 23.4 Å². The summed E-state index contributed by atoms with van der Waals surface area (Å²) in [5.74, 6) is -1.46. The van der Waals surface area contributed by atoms with Crippen molar-refractivity contribution in [2.75, 3.05) is 6.54 Å². The Balaban J connectivity index is 1.46. The highest BCUT2D eigenvalue weighted by Gasteiger charge is 2.39. The molecule has 0 aliphatic carbocycles. The molecule has 132 valence electrons. The summed E-state index contributed by atoms with van der Waals surface area (Å²) in [5, 5.41) is 0.626. The molecule has 4 rings (SSSR count). The second-order valence-electron chi connectivity index (χ2n) is 6.18. The molecule has 0 unspecified atom stereocenters. The number of carbonyl (C=O) groups is 2. The third-order valence-corrected chi connectivity index (χ3v) is 4.87. The quantitative estimate of drug-likeness (QED) is 0.745. The van der Waals surface area contributed by atoms with E-state index in [1.807, 2.05) is 12.1 Å². The average Bonchev–Trinajstić information content (AvgIpc) is 3.23. The maximum Gasteiger partial charge on any atom is 0.276 e. The molecule has 2 heterocycles. The van der Waals surface area contributed by atoms with Crippen LogP contribution in [-0.4, -0.2) is 23.3 Å². The molecule has 0 spiro atoms. The third kappa shape index (κ3) is 2.74. The zero-order valence-corrected chi connectivity index (χ0v) is 14.6. The minimum Gasteiger partial charge on any atom is -0.453 e. The van der Waals surface area contributed by atoms with Gasteiger partial charge in [0.15, 0.2) is 0 Å². The SMILES string of the molecule is O=C1c2ccccc2C(=O)N1CCCC1(c2ccc(Cl)cc2)OC=CO1. The fourth-order valence-electron chi connectivity index (χ4n) is 3.32. The number of halogens is 1. The van der Waals surface area contributed by atoms with Crippen LogP contribution in [0.25, 0.3) is 0 Å². The molecule has 2 aliphatic rings. The van der Waals surface area contributed by atoms with Gasteiger partial charge in [-0.15, -0.1) is 0 Å². The molecule has 5 nitrogen and oxygen atoms in total. The maximum atomic E-state index is 12.4. The first kappa shape index (κ1) is 16.7. The Kier molecular flexibility index (Phi) is 4.17. The first-order valence-corrected chi connectivity index (χ1v) is 8.70. The lowest BCUT2D eigenvalue weighted by Crippen LogP contribution is -2.33. The summed E-state index contributed by atoms with van der Waals surface area (Å²) in [7, 11) is 0. The van der Waals surface area contributed by atoms with Gasteiger partial charge in [-0.25, -0.2) is 0 Å². The summed E-state index contributed by atoms with van der Waals surface area (Å²) < 4.78 is 11.4. The highest BCUT2D eigenvalue weighted by atomic mass is 35.5. The van der Waals surface area contributed by atoms with Crippen LogP contribution >= 0.6 is 11.6 Å². The molecule has 0 bridgehead atoms. The lowest BCUT2D eigenvalue weighted by atomic mass is 10.0. The van der Waals surface area contributed by atoms with Gasteiger partial charge < -0.3 is 9.47 Å². The molecule has 0 saturated heterocycles. The van der Waals surface area contributed by atoms with Gasteiger partial charge in [0.25, 0.3) is 17.6 Å². The lowest BCUT2D eigenvalue weighted by Gasteiger charge is -2.28. The van der Waals surface area contributed by atoms with Crippen molar-refractivity contribution in [1.29, 1.82) is 0 Å². The Morgan fingerprint density at radius 2 is 1.46 bits per heavy atom. The minimum atomic E-state index is -0.955. The van der Waals surface area contributed by atoms with Gasteiger partial charge in [-0.3, -0.25) is 14.5 Å². The number of rotatable bonds is 5. The second kappa shape index (κ2) is 6.50. The molecule has 2 aromatic carbocycles. The molecule has 26 heavy (non-hydrogen) atoms. The molecule has 0 N–H and O–H groups in total. The van der Waals surface area contributed by atoms with E-state index >= 15 is 0 Å². The van der Waals surface area contributed by atoms with Gasteiger partial charge in [-0.2, -0.15) is 0 Å². The van der Waals surface area contributed by atoms with Crippen LogP contribution in [0.3, 0.4) is 0 Å². The van der Waals surface area contributed by atoms with Crippen molar-refractivity contribution in [3.8, 4) is 0 Å². The smallest absolute Gasteiger partial charge is 0.276 e. The van der Waals surface area contributed by atoms with Gasteiger partial charge in [0.1, 0.15) is 12.5 Å². The first-order valence-electron chi connectivity index (χ1n) is 8.33. The van der Waals surface area contributed by atoms with Gasteiger partial charge in [-0.1, -0.05) is 23.7 Å². The van der Waals surface area contributed by atoms with Crippen molar-refractivity contribution in [3.63, 3.8) is 0 Å². The zero-order valence-electron chi connectivity index (χ0n) is 13.9. The maximum absolute atomic E-state index is 12.4. The standard InChI is InChI=1S/C20H16ClNO4/c21-15-8-6-14(7-9-15)20(25-12-13-26-20)10-3-11-22-18(23)16-4-1-2-5-17(16)19(22)24/h1-2,4-9,12-13H,3,10-11H2. The molecule has 2 aromatic rings. The Bertz CT molecular complexity index is 848. The van der Waals surface area contributed by atoms with Crippen LogP contribution in [0.2, 0.25) is 5.02 Å². The number of imide groups is 1. The number of benzene rings is 2. The number of nitrogens with zero attached hydrogens (tertiary/aromatic N) is 1. The van der Waals surface area contributed by atoms with Crippen LogP contribution in [0.15, 0.2) is 61.1 Å². The van der Waals surface area contributed by atoms with E-state index in [1.54, 1.807) is 36.4 Å².